The molecule has 0 saturated carbocycles. The minimum atomic E-state index is -1.29. The highest BCUT2D eigenvalue weighted by Gasteiger charge is 2.28. The zero-order valence-electron chi connectivity index (χ0n) is 32.9. The van der Waals surface area contributed by atoms with E-state index in [2.05, 4.69) is 55.6 Å². The number of carbonyl (C=O) groups excluding carboxylic acids is 1. The molecule has 4 unspecified atom stereocenters. The third-order valence-corrected chi connectivity index (χ3v) is 9.81. The van der Waals surface area contributed by atoms with Crippen molar-refractivity contribution in [2.24, 2.45) is 0 Å². The van der Waals surface area contributed by atoms with Crippen molar-refractivity contribution in [1.82, 2.24) is 5.32 Å². The van der Waals surface area contributed by atoms with E-state index in [1.54, 1.807) is 0 Å². The lowest BCUT2D eigenvalue weighted by Gasteiger charge is -2.27. The van der Waals surface area contributed by atoms with Crippen molar-refractivity contribution in [3.63, 3.8) is 0 Å². The van der Waals surface area contributed by atoms with Gasteiger partial charge >= 0.3 is 0 Å². The number of nitrogens with one attached hydrogen (secondary N) is 1. The molecule has 5 N–H and O–H groups in total. The van der Waals surface area contributed by atoms with E-state index in [1.165, 1.54) is 122 Å². The molecule has 0 bridgehead atoms. The van der Waals surface area contributed by atoms with Gasteiger partial charge in [0.15, 0.2) is 0 Å². The standard InChI is InChI=1S/C44H83NO5/c1-3-5-7-9-11-13-15-16-17-18-19-20-21-22-23-24-25-26-27-28-30-31-33-35-37-41(47)43(49)40(39-46)45-44(50)42(48)38-36-34-32-29-14-12-10-8-6-4-2/h21-22,25-26,30-31,40-43,46-49H,3-20,23-24,27-29,32-39H2,1-2H3,(H,45,50)/b22-21+,26-25+,31-30+. The van der Waals surface area contributed by atoms with Crippen molar-refractivity contribution in [2.45, 2.75) is 231 Å². The van der Waals surface area contributed by atoms with Crippen LogP contribution in [0.4, 0.5) is 0 Å². The highest BCUT2D eigenvalue weighted by Crippen LogP contribution is 2.15. The van der Waals surface area contributed by atoms with Crippen LogP contribution in [0.2, 0.25) is 0 Å². The Kier molecular flexibility index (Phi) is 37.6. The van der Waals surface area contributed by atoms with Gasteiger partial charge in [0.2, 0.25) is 5.91 Å². The number of aliphatic hydroxyl groups is 4. The van der Waals surface area contributed by atoms with E-state index < -0.39 is 36.9 Å². The van der Waals surface area contributed by atoms with Gasteiger partial charge in [0.25, 0.3) is 0 Å². The molecule has 0 aliphatic heterocycles. The third-order valence-electron chi connectivity index (χ3n) is 9.81. The number of aliphatic hydroxyl groups excluding tert-OH is 4. The lowest BCUT2D eigenvalue weighted by atomic mass is 10.00. The lowest BCUT2D eigenvalue weighted by molar-refractivity contribution is -0.132. The van der Waals surface area contributed by atoms with Crippen LogP contribution in [0.3, 0.4) is 0 Å². The number of unbranched alkanes of at least 4 members (excludes halogenated alkanes) is 23. The fraction of sp³-hybridized carbons (Fsp3) is 0.841. The largest absolute Gasteiger partial charge is 0.394 e. The summed E-state index contributed by atoms with van der Waals surface area (Å²) in [6.07, 6.45) is 44.7. The molecule has 294 valence electrons. The van der Waals surface area contributed by atoms with E-state index in [0.717, 1.165) is 51.4 Å². The predicted molar refractivity (Wildman–Crippen MR) is 214 cm³/mol. The normalized spacial score (nSPS) is 14.6. The molecule has 4 atom stereocenters. The molecular weight excluding hydrogens is 622 g/mol. The average Bonchev–Trinajstić information content (AvgIpc) is 3.12. The van der Waals surface area contributed by atoms with Crippen LogP contribution in [0.15, 0.2) is 36.5 Å². The molecule has 1 amide bonds. The molecule has 0 aliphatic rings. The maximum Gasteiger partial charge on any atom is 0.249 e. The fourth-order valence-electron chi connectivity index (χ4n) is 6.38. The molecule has 6 nitrogen and oxygen atoms in total. The van der Waals surface area contributed by atoms with Crippen LogP contribution in [-0.2, 0) is 4.79 Å². The van der Waals surface area contributed by atoms with Gasteiger partial charge in [0.1, 0.15) is 12.2 Å². The quantitative estimate of drug-likeness (QED) is 0.0324. The van der Waals surface area contributed by atoms with Crippen molar-refractivity contribution in [2.75, 3.05) is 6.61 Å². The Bertz CT molecular complexity index is 797. The van der Waals surface area contributed by atoms with Gasteiger partial charge in [-0.15, -0.1) is 0 Å². The topological polar surface area (TPSA) is 110 Å². The van der Waals surface area contributed by atoms with Gasteiger partial charge in [-0.3, -0.25) is 4.79 Å². The molecule has 50 heavy (non-hydrogen) atoms. The fourth-order valence-corrected chi connectivity index (χ4v) is 6.38. The van der Waals surface area contributed by atoms with Crippen molar-refractivity contribution in [3.05, 3.63) is 36.5 Å². The third kappa shape index (κ3) is 32.4. The van der Waals surface area contributed by atoms with Gasteiger partial charge in [-0.2, -0.15) is 0 Å². The second-order valence-electron chi connectivity index (χ2n) is 14.7. The highest BCUT2D eigenvalue weighted by atomic mass is 16.3. The second kappa shape index (κ2) is 38.8. The molecule has 0 rings (SSSR count). The van der Waals surface area contributed by atoms with E-state index in [9.17, 15) is 25.2 Å². The van der Waals surface area contributed by atoms with Crippen molar-refractivity contribution < 1.29 is 25.2 Å². The number of amides is 1. The van der Waals surface area contributed by atoms with Crippen molar-refractivity contribution in [1.29, 1.82) is 0 Å². The number of hydrogen-bond acceptors (Lipinski definition) is 5. The van der Waals surface area contributed by atoms with Gasteiger partial charge in [0.05, 0.1) is 18.8 Å². The zero-order chi connectivity index (χ0) is 36.8. The number of rotatable bonds is 38. The van der Waals surface area contributed by atoms with Gasteiger partial charge in [-0.05, 0) is 64.2 Å². The average molecular weight is 706 g/mol. The Labute approximate surface area is 309 Å². The van der Waals surface area contributed by atoms with Crippen LogP contribution in [0.5, 0.6) is 0 Å². The summed E-state index contributed by atoms with van der Waals surface area (Å²) in [5.41, 5.74) is 0. The first-order chi connectivity index (χ1) is 24.5. The van der Waals surface area contributed by atoms with Gasteiger partial charge in [0, 0.05) is 0 Å². The minimum absolute atomic E-state index is 0.359. The van der Waals surface area contributed by atoms with Gasteiger partial charge < -0.3 is 25.7 Å². The number of allylic oxidation sites excluding steroid dienone is 6. The van der Waals surface area contributed by atoms with Gasteiger partial charge in [-0.1, -0.05) is 179 Å². The molecule has 0 aromatic rings. The van der Waals surface area contributed by atoms with Crippen LogP contribution in [-0.4, -0.2) is 57.3 Å². The Balaban J connectivity index is 3.80. The molecular formula is C44H83NO5. The molecule has 0 heterocycles. The summed E-state index contributed by atoms with van der Waals surface area (Å²) in [4.78, 5) is 12.4. The summed E-state index contributed by atoms with van der Waals surface area (Å²) in [5, 5.41) is 43.5. The molecule has 0 fully saturated rings. The monoisotopic (exact) mass is 706 g/mol. The Morgan fingerprint density at radius 3 is 1.26 bits per heavy atom. The summed E-state index contributed by atoms with van der Waals surface area (Å²) in [7, 11) is 0. The first kappa shape index (κ1) is 48.5. The lowest BCUT2D eigenvalue weighted by Crippen LogP contribution is -2.53. The molecule has 0 aromatic heterocycles. The maximum absolute atomic E-state index is 12.4. The van der Waals surface area contributed by atoms with Crippen LogP contribution < -0.4 is 5.32 Å². The molecule has 0 radical (unpaired) electrons. The summed E-state index contributed by atoms with van der Waals surface area (Å²) >= 11 is 0. The first-order valence-electron chi connectivity index (χ1n) is 21.4. The van der Waals surface area contributed by atoms with Crippen LogP contribution in [0.1, 0.15) is 206 Å². The smallest absolute Gasteiger partial charge is 0.249 e. The summed E-state index contributed by atoms with van der Waals surface area (Å²) in [6.45, 7) is 4.00. The molecule has 6 heteroatoms. The van der Waals surface area contributed by atoms with E-state index in [0.29, 0.717) is 19.3 Å². The molecule has 0 spiro atoms. The Morgan fingerprint density at radius 2 is 0.840 bits per heavy atom. The van der Waals surface area contributed by atoms with E-state index in [4.69, 9.17) is 0 Å². The molecule has 0 saturated heterocycles. The predicted octanol–water partition coefficient (Wildman–Crippen LogP) is 11.0. The van der Waals surface area contributed by atoms with Crippen LogP contribution >= 0.6 is 0 Å². The van der Waals surface area contributed by atoms with E-state index >= 15 is 0 Å². The summed E-state index contributed by atoms with van der Waals surface area (Å²) in [5.74, 6) is -0.602. The number of carbonyl (C=O) groups is 1. The summed E-state index contributed by atoms with van der Waals surface area (Å²) < 4.78 is 0. The first-order valence-corrected chi connectivity index (χ1v) is 21.4. The zero-order valence-corrected chi connectivity index (χ0v) is 32.9. The van der Waals surface area contributed by atoms with Crippen molar-refractivity contribution in [3.8, 4) is 0 Å². The Morgan fingerprint density at radius 1 is 0.480 bits per heavy atom. The van der Waals surface area contributed by atoms with E-state index in [1.807, 2.05) is 0 Å². The van der Waals surface area contributed by atoms with Crippen molar-refractivity contribution >= 4 is 5.91 Å². The minimum Gasteiger partial charge on any atom is -0.394 e. The molecule has 0 aliphatic carbocycles. The van der Waals surface area contributed by atoms with Gasteiger partial charge in [-0.25, -0.2) is 0 Å². The highest BCUT2D eigenvalue weighted by molar-refractivity contribution is 5.80. The number of hydrogen-bond donors (Lipinski definition) is 5. The second-order valence-corrected chi connectivity index (χ2v) is 14.7. The summed E-state index contributed by atoms with van der Waals surface area (Å²) in [6, 6.07) is -1.01. The maximum atomic E-state index is 12.4. The Hall–Kier alpha value is -1.47. The van der Waals surface area contributed by atoms with Crippen LogP contribution in [0, 0.1) is 0 Å². The van der Waals surface area contributed by atoms with Crippen LogP contribution in [0.25, 0.3) is 0 Å². The van der Waals surface area contributed by atoms with E-state index in [-0.39, 0.29) is 0 Å². The molecule has 0 aromatic carbocycles. The SMILES string of the molecule is CCCCCCCCCCCCC/C=C/CC/C=C/CC/C=C/CCCC(O)C(O)C(CO)NC(=O)C(O)CCCCCCCCCCCC.